The molecule has 6 heteroatoms. The van der Waals surface area contributed by atoms with E-state index in [1.165, 1.54) is 5.56 Å². The minimum Gasteiger partial charge on any atom is -0.396 e. The molecule has 4 rings (SSSR count). The summed E-state index contributed by atoms with van der Waals surface area (Å²) in [4.78, 5) is 21.4. The zero-order valence-corrected chi connectivity index (χ0v) is 18.9. The molecule has 4 aromatic rings. The average Bonchev–Trinajstić information content (AvgIpc) is 3.23. The van der Waals surface area contributed by atoms with E-state index in [0.29, 0.717) is 12.2 Å². The Morgan fingerprint density at radius 2 is 1.67 bits per heavy atom. The summed E-state index contributed by atoms with van der Waals surface area (Å²) in [5, 5.41) is 13.6. The molecule has 0 aliphatic heterocycles. The van der Waals surface area contributed by atoms with E-state index in [-0.39, 0.29) is 31.1 Å². The summed E-state index contributed by atoms with van der Waals surface area (Å²) in [5.41, 5.74) is 6.06. The number of aryl methyl sites for hydroxylation is 2. The van der Waals surface area contributed by atoms with E-state index >= 15 is 0 Å². The molecule has 0 amide bonds. The first-order valence-electron chi connectivity index (χ1n) is 11.0. The Morgan fingerprint density at radius 3 is 2.27 bits per heavy atom. The Bertz CT molecular complexity index is 1200. The van der Waals surface area contributed by atoms with Crippen molar-refractivity contribution in [3.63, 3.8) is 0 Å². The summed E-state index contributed by atoms with van der Waals surface area (Å²) in [6.45, 7) is 3.79. The summed E-state index contributed by atoms with van der Waals surface area (Å²) in [7, 11) is 0. The molecule has 0 bridgehead atoms. The largest absolute Gasteiger partial charge is 0.396 e. The minimum absolute atomic E-state index is 0.0105. The second-order valence-electron chi connectivity index (χ2n) is 8.41. The highest BCUT2D eigenvalue weighted by Crippen LogP contribution is 2.22. The van der Waals surface area contributed by atoms with Crippen molar-refractivity contribution in [3.8, 4) is 11.1 Å². The molecule has 0 radical (unpaired) electrons. The van der Waals surface area contributed by atoms with Crippen LogP contribution < -0.4 is 0 Å². The zero-order chi connectivity index (χ0) is 23.2. The van der Waals surface area contributed by atoms with E-state index in [4.69, 9.17) is 4.52 Å². The molecule has 33 heavy (non-hydrogen) atoms. The number of aliphatic hydroxyl groups is 1. The van der Waals surface area contributed by atoms with Crippen molar-refractivity contribution in [1.29, 1.82) is 0 Å². The van der Waals surface area contributed by atoms with Gasteiger partial charge in [0.05, 0.1) is 18.7 Å². The molecule has 1 unspecified atom stereocenters. The summed E-state index contributed by atoms with van der Waals surface area (Å²) in [6.07, 6.45) is 4.75. The van der Waals surface area contributed by atoms with Crippen LogP contribution in [0.3, 0.4) is 0 Å². The van der Waals surface area contributed by atoms with Crippen LogP contribution in [-0.2, 0) is 17.6 Å². The Kier molecular flexibility index (Phi) is 7.05. The van der Waals surface area contributed by atoms with Crippen LogP contribution in [0.5, 0.6) is 0 Å². The topological polar surface area (TPSA) is 89.1 Å². The maximum absolute atomic E-state index is 12.4. The highest BCUT2D eigenvalue weighted by Gasteiger charge is 2.17. The van der Waals surface area contributed by atoms with E-state index in [9.17, 15) is 9.90 Å². The second-order valence-corrected chi connectivity index (χ2v) is 8.41. The Balaban J connectivity index is 1.36. The van der Waals surface area contributed by atoms with Gasteiger partial charge in [-0.05, 0) is 30.5 Å². The van der Waals surface area contributed by atoms with E-state index < -0.39 is 0 Å². The van der Waals surface area contributed by atoms with Gasteiger partial charge in [-0.25, -0.2) is 9.97 Å². The van der Waals surface area contributed by atoms with Gasteiger partial charge < -0.3 is 9.63 Å². The minimum atomic E-state index is -0.249. The molecule has 1 atom stereocenters. The molecule has 168 valence electrons. The van der Waals surface area contributed by atoms with E-state index in [0.717, 1.165) is 33.8 Å². The predicted octanol–water partition coefficient (Wildman–Crippen LogP) is 4.62. The Hall–Kier alpha value is -3.64. The standard InChI is InChI=1S/C27H27N3O3/c1-18-3-7-22(8-4-18)24-15-28-27(29-16-24)12-20-5-9-21(10-6-20)23(17-31)13-25(32)14-26-11-19(2)30-33-26/h3-11,15-16,23,31H,12-14,17H2,1-2H3. The first-order valence-corrected chi connectivity index (χ1v) is 11.0. The third-order valence-corrected chi connectivity index (χ3v) is 5.65. The molecule has 2 aromatic heterocycles. The van der Waals surface area contributed by atoms with Gasteiger partial charge >= 0.3 is 0 Å². The van der Waals surface area contributed by atoms with Crippen molar-refractivity contribution in [2.75, 3.05) is 6.61 Å². The SMILES string of the molecule is Cc1ccc(-c2cnc(Cc3ccc(C(CO)CC(=O)Cc4cc(C)no4)cc3)nc2)cc1. The van der Waals surface area contributed by atoms with Gasteiger partial charge in [0, 0.05) is 42.8 Å². The van der Waals surface area contributed by atoms with E-state index in [1.807, 2.05) is 43.6 Å². The Morgan fingerprint density at radius 1 is 0.970 bits per heavy atom. The smallest absolute Gasteiger partial charge is 0.144 e. The monoisotopic (exact) mass is 441 g/mol. The number of benzene rings is 2. The van der Waals surface area contributed by atoms with Gasteiger partial charge in [-0.15, -0.1) is 0 Å². The number of aromatic nitrogens is 3. The lowest BCUT2D eigenvalue weighted by atomic mass is 9.92. The van der Waals surface area contributed by atoms with Crippen LogP contribution in [0.25, 0.3) is 11.1 Å². The highest BCUT2D eigenvalue weighted by atomic mass is 16.5. The maximum atomic E-state index is 12.4. The van der Waals surface area contributed by atoms with Crippen molar-refractivity contribution < 1.29 is 14.4 Å². The molecule has 0 aliphatic rings. The first kappa shape index (κ1) is 22.6. The number of carbonyl (C=O) groups is 1. The molecule has 0 saturated heterocycles. The lowest BCUT2D eigenvalue weighted by molar-refractivity contribution is -0.119. The molecular weight excluding hydrogens is 414 g/mol. The fourth-order valence-electron chi connectivity index (χ4n) is 3.76. The third kappa shape index (κ3) is 5.99. The van der Waals surface area contributed by atoms with Crippen LogP contribution in [0.4, 0.5) is 0 Å². The van der Waals surface area contributed by atoms with Crippen molar-refractivity contribution in [3.05, 3.63) is 101 Å². The molecular formula is C27H27N3O3. The van der Waals surface area contributed by atoms with Crippen LogP contribution in [0, 0.1) is 13.8 Å². The van der Waals surface area contributed by atoms with Crippen LogP contribution in [-0.4, -0.2) is 32.6 Å². The molecule has 0 fully saturated rings. The summed E-state index contributed by atoms with van der Waals surface area (Å²) in [5.74, 6) is 1.06. The number of Topliss-reactive ketones (excluding diaryl/α,β-unsaturated/α-hetero) is 1. The van der Waals surface area contributed by atoms with Gasteiger partial charge in [-0.2, -0.15) is 0 Å². The number of ketones is 1. The van der Waals surface area contributed by atoms with Crippen LogP contribution in [0.1, 0.15) is 46.3 Å². The first-order chi connectivity index (χ1) is 16.0. The average molecular weight is 442 g/mol. The fourth-order valence-corrected chi connectivity index (χ4v) is 3.76. The van der Waals surface area contributed by atoms with Crippen molar-refractivity contribution in [1.82, 2.24) is 15.1 Å². The molecule has 2 heterocycles. The number of aliphatic hydroxyl groups excluding tert-OH is 1. The summed E-state index contributed by atoms with van der Waals surface area (Å²) >= 11 is 0. The van der Waals surface area contributed by atoms with Crippen molar-refractivity contribution in [2.45, 2.75) is 39.0 Å². The highest BCUT2D eigenvalue weighted by molar-refractivity contribution is 5.81. The normalized spacial score (nSPS) is 12.0. The number of hydrogen-bond donors (Lipinski definition) is 1. The Labute approximate surface area is 193 Å². The van der Waals surface area contributed by atoms with E-state index in [1.54, 1.807) is 6.07 Å². The molecule has 2 aromatic carbocycles. The van der Waals surface area contributed by atoms with Gasteiger partial charge in [0.25, 0.3) is 0 Å². The van der Waals surface area contributed by atoms with Gasteiger partial charge in [-0.3, -0.25) is 4.79 Å². The number of nitrogens with zero attached hydrogens (tertiary/aromatic N) is 3. The number of carbonyl (C=O) groups excluding carboxylic acids is 1. The molecule has 0 saturated carbocycles. The van der Waals surface area contributed by atoms with Crippen molar-refractivity contribution in [2.24, 2.45) is 0 Å². The predicted molar refractivity (Wildman–Crippen MR) is 126 cm³/mol. The summed E-state index contributed by atoms with van der Waals surface area (Å²) in [6, 6.07) is 18.0. The van der Waals surface area contributed by atoms with Crippen LogP contribution in [0.2, 0.25) is 0 Å². The molecule has 0 spiro atoms. The number of hydrogen-bond acceptors (Lipinski definition) is 6. The quantitative estimate of drug-likeness (QED) is 0.408. The lowest BCUT2D eigenvalue weighted by Gasteiger charge is -2.14. The van der Waals surface area contributed by atoms with Crippen LogP contribution in [0.15, 0.2) is 71.5 Å². The van der Waals surface area contributed by atoms with Crippen molar-refractivity contribution >= 4 is 5.78 Å². The van der Waals surface area contributed by atoms with Gasteiger partial charge in [-0.1, -0.05) is 59.3 Å². The van der Waals surface area contributed by atoms with E-state index in [2.05, 4.69) is 46.3 Å². The molecule has 1 N–H and O–H groups in total. The fraction of sp³-hybridized carbons (Fsp3) is 0.259. The number of rotatable bonds is 9. The zero-order valence-electron chi connectivity index (χ0n) is 18.9. The van der Waals surface area contributed by atoms with Crippen LogP contribution >= 0.6 is 0 Å². The summed E-state index contributed by atoms with van der Waals surface area (Å²) < 4.78 is 5.12. The molecule has 0 aliphatic carbocycles. The van der Waals surface area contributed by atoms with Gasteiger partial charge in [0.15, 0.2) is 0 Å². The lowest BCUT2D eigenvalue weighted by Crippen LogP contribution is -2.12. The van der Waals surface area contributed by atoms with Gasteiger partial charge in [0.1, 0.15) is 17.4 Å². The second kappa shape index (κ2) is 10.3. The third-order valence-electron chi connectivity index (χ3n) is 5.65. The van der Waals surface area contributed by atoms with Gasteiger partial charge in [0.2, 0.25) is 0 Å². The maximum Gasteiger partial charge on any atom is 0.144 e. The molecule has 6 nitrogen and oxygen atoms in total.